The third-order valence-corrected chi connectivity index (χ3v) is 7.63. The molecule has 1 spiro atoms. The summed E-state index contributed by atoms with van der Waals surface area (Å²) in [5.41, 5.74) is 0.502. The Hall–Kier alpha value is -1.07. The summed E-state index contributed by atoms with van der Waals surface area (Å²) >= 11 is 4.94. The smallest absolute Gasteiger partial charge is 0.201 e. The van der Waals surface area contributed by atoms with Crippen molar-refractivity contribution in [2.45, 2.75) is 94.2 Å². The van der Waals surface area contributed by atoms with E-state index in [9.17, 15) is 0 Å². The van der Waals surface area contributed by atoms with Crippen LogP contribution in [0.3, 0.4) is 0 Å². The summed E-state index contributed by atoms with van der Waals surface area (Å²) in [7, 11) is 0. The number of hydrogen-bond donors (Lipinski definition) is 1. The van der Waals surface area contributed by atoms with E-state index in [0.29, 0.717) is 6.61 Å². The second-order valence-electron chi connectivity index (χ2n) is 9.37. The lowest BCUT2D eigenvalue weighted by molar-refractivity contribution is -0.512. The highest BCUT2D eigenvalue weighted by molar-refractivity contribution is 7.80. The maximum atomic E-state index is 6.46. The lowest BCUT2D eigenvalue weighted by Gasteiger charge is -2.45. The van der Waals surface area contributed by atoms with E-state index < -0.39 is 11.4 Å². The minimum Gasteiger partial charge on any atom is -0.344 e. The Labute approximate surface area is 186 Å². The van der Waals surface area contributed by atoms with Crippen molar-refractivity contribution >= 4 is 23.4 Å². The predicted molar refractivity (Wildman–Crippen MR) is 126 cm³/mol. The van der Waals surface area contributed by atoms with Crippen LogP contribution in [-0.2, 0) is 14.5 Å². The van der Waals surface area contributed by atoms with Gasteiger partial charge in [-0.2, -0.15) is 12.6 Å². The van der Waals surface area contributed by atoms with Gasteiger partial charge in [0.1, 0.15) is 5.60 Å². The van der Waals surface area contributed by atoms with E-state index >= 15 is 0 Å². The molecule has 0 radical (unpaired) electrons. The summed E-state index contributed by atoms with van der Waals surface area (Å²) in [6.45, 7) is 2.54. The average Bonchev–Trinajstić information content (AvgIpc) is 2.77. The van der Waals surface area contributed by atoms with Crippen molar-refractivity contribution < 1.29 is 14.5 Å². The number of rotatable bonds is 2. The first kappa shape index (κ1) is 22.1. The SMILES string of the molecule is CC1(C(S)c2ccc3ccccc3c2)COC2(CCCCCCCCCCC2)OO1. The van der Waals surface area contributed by atoms with Crippen molar-refractivity contribution in [3.8, 4) is 0 Å². The van der Waals surface area contributed by atoms with Crippen LogP contribution < -0.4 is 0 Å². The van der Waals surface area contributed by atoms with E-state index in [0.717, 1.165) is 31.2 Å². The minimum absolute atomic E-state index is 0.134. The first-order valence-electron chi connectivity index (χ1n) is 11.8. The lowest BCUT2D eigenvalue weighted by atomic mass is 9.93. The van der Waals surface area contributed by atoms with Crippen molar-refractivity contribution in [3.63, 3.8) is 0 Å². The van der Waals surface area contributed by atoms with Crippen LogP contribution in [-0.4, -0.2) is 18.0 Å². The molecule has 1 aliphatic carbocycles. The van der Waals surface area contributed by atoms with E-state index in [1.54, 1.807) is 0 Å². The van der Waals surface area contributed by atoms with Gasteiger partial charge in [-0.1, -0.05) is 81.3 Å². The van der Waals surface area contributed by atoms with Crippen molar-refractivity contribution in [1.29, 1.82) is 0 Å². The van der Waals surface area contributed by atoms with Crippen molar-refractivity contribution in [2.24, 2.45) is 0 Å². The molecule has 0 bridgehead atoms. The second-order valence-corrected chi connectivity index (χ2v) is 9.89. The largest absolute Gasteiger partial charge is 0.344 e. The molecule has 2 atom stereocenters. The molecule has 2 unspecified atom stereocenters. The van der Waals surface area contributed by atoms with Gasteiger partial charge in [0.05, 0.1) is 11.9 Å². The Morgan fingerprint density at radius 1 is 0.767 bits per heavy atom. The van der Waals surface area contributed by atoms with E-state index in [-0.39, 0.29) is 5.25 Å². The van der Waals surface area contributed by atoms with Gasteiger partial charge in [-0.25, -0.2) is 9.78 Å². The Morgan fingerprint density at radius 2 is 1.37 bits per heavy atom. The zero-order valence-corrected chi connectivity index (χ0v) is 19.2. The van der Waals surface area contributed by atoms with E-state index in [2.05, 4.69) is 42.5 Å². The topological polar surface area (TPSA) is 27.7 Å². The molecule has 2 fully saturated rings. The molecule has 0 aromatic heterocycles. The molecule has 0 amide bonds. The van der Waals surface area contributed by atoms with Gasteiger partial charge in [0.15, 0.2) is 0 Å². The Kier molecular flexibility index (Phi) is 7.40. The van der Waals surface area contributed by atoms with Crippen LogP contribution in [0, 0.1) is 0 Å². The van der Waals surface area contributed by atoms with Crippen LogP contribution in [0.2, 0.25) is 0 Å². The molecular formula is C26H36O3S. The van der Waals surface area contributed by atoms with Gasteiger partial charge in [-0.3, -0.25) is 0 Å². The van der Waals surface area contributed by atoms with Gasteiger partial charge in [-0.05, 0) is 42.2 Å². The average molecular weight is 429 g/mol. The third-order valence-electron chi connectivity index (χ3n) is 6.79. The zero-order valence-electron chi connectivity index (χ0n) is 18.3. The standard InChI is InChI=1S/C26H36O3S/c1-25(24(30)23-16-15-21-13-9-10-14-22(21)19-23)20-27-26(29-28-25)17-11-7-5-3-2-4-6-8-12-18-26/h9-10,13-16,19,24,30H,2-8,11-12,17-18,20H2,1H3. The number of thiol groups is 1. The normalized spacial score (nSPS) is 27.3. The summed E-state index contributed by atoms with van der Waals surface area (Å²) in [6, 6.07) is 14.9. The van der Waals surface area contributed by atoms with Crippen molar-refractivity contribution in [1.82, 2.24) is 0 Å². The molecule has 2 aliphatic rings. The number of fused-ring (bicyclic) bond motifs is 1. The van der Waals surface area contributed by atoms with E-state index in [4.69, 9.17) is 27.1 Å². The van der Waals surface area contributed by atoms with Crippen LogP contribution in [0.15, 0.2) is 42.5 Å². The lowest BCUT2D eigenvalue weighted by Crippen LogP contribution is -2.52. The fraction of sp³-hybridized carbons (Fsp3) is 0.615. The molecule has 4 heteroatoms. The molecule has 30 heavy (non-hydrogen) atoms. The molecule has 1 aliphatic heterocycles. The van der Waals surface area contributed by atoms with Crippen LogP contribution in [0.5, 0.6) is 0 Å². The maximum Gasteiger partial charge on any atom is 0.201 e. The van der Waals surface area contributed by atoms with Gasteiger partial charge >= 0.3 is 0 Å². The van der Waals surface area contributed by atoms with Gasteiger partial charge < -0.3 is 4.74 Å². The summed E-state index contributed by atoms with van der Waals surface area (Å²) in [5, 5.41) is 2.31. The third kappa shape index (κ3) is 5.21. The Bertz CT molecular complexity index is 799. The van der Waals surface area contributed by atoms with Crippen LogP contribution in [0.25, 0.3) is 10.8 Å². The Balaban J connectivity index is 1.43. The second kappa shape index (κ2) is 10.0. The van der Waals surface area contributed by atoms with Crippen molar-refractivity contribution in [2.75, 3.05) is 6.61 Å². The Morgan fingerprint density at radius 3 is 1.97 bits per heavy atom. The first-order valence-corrected chi connectivity index (χ1v) is 12.3. The molecule has 1 heterocycles. The summed E-state index contributed by atoms with van der Waals surface area (Å²) < 4.78 is 6.46. The highest BCUT2D eigenvalue weighted by atomic mass is 32.1. The van der Waals surface area contributed by atoms with Crippen LogP contribution in [0.4, 0.5) is 0 Å². The quantitative estimate of drug-likeness (QED) is 0.395. The molecule has 1 saturated carbocycles. The molecule has 4 rings (SSSR count). The monoisotopic (exact) mass is 428 g/mol. The molecule has 0 N–H and O–H groups in total. The highest BCUT2D eigenvalue weighted by Crippen LogP contribution is 2.43. The van der Waals surface area contributed by atoms with Gasteiger partial charge in [0.2, 0.25) is 5.79 Å². The number of ether oxygens (including phenoxy) is 1. The molecule has 2 aromatic carbocycles. The summed E-state index contributed by atoms with van der Waals surface area (Å²) in [4.78, 5) is 12.2. The molecule has 164 valence electrons. The van der Waals surface area contributed by atoms with Gasteiger partial charge in [0, 0.05) is 12.8 Å². The number of benzene rings is 2. The van der Waals surface area contributed by atoms with E-state index in [1.807, 2.05) is 6.92 Å². The summed E-state index contributed by atoms with van der Waals surface area (Å²) in [6.07, 6.45) is 13.3. The van der Waals surface area contributed by atoms with Crippen molar-refractivity contribution in [3.05, 3.63) is 48.0 Å². The minimum atomic E-state index is -0.624. The molecule has 1 saturated heterocycles. The highest BCUT2D eigenvalue weighted by Gasteiger charge is 2.47. The fourth-order valence-electron chi connectivity index (χ4n) is 4.73. The van der Waals surface area contributed by atoms with Gasteiger partial charge in [0.25, 0.3) is 0 Å². The molecule has 2 aromatic rings. The first-order chi connectivity index (χ1) is 14.6. The van der Waals surface area contributed by atoms with Crippen LogP contribution >= 0.6 is 12.6 Å². The van der Waals surface area contributed by atoms with Gasteiger partial charge in [-0.15, -0.1) is 0 Å². The van der Waals surface area contributed by atoms with Crippen LogP contribution in [0.1, 0.15) is 88.4 Å². The molecular weight excluding hydrogens is 392 g/mol. The summed E-state index contributed by atoms with van der Waals surface area (Å²) in [5.74, 6) is -0.588. The predicted octanol–water partition coefficient (Wildman–Crippen LogP) is 7.55. The number of hydrogen-bond acceptors (Lipinski definition) is 4. The zero-order chi connectivity index (χ0) is 20.9. The fourth-order valence-corrected chi connectivity index (χ4v) is 5.01. The molecule has 3 nitrogen and oxygen atoms in total. The maximum absolute atomic E-state index is 6.46. The van der Waals surface area contributed by atoms with E-state index in [1.165, 1.54) is 55.7 Å².